The molecule has 0 bridgehead atoms. The number of rotatable bonds is 8. The van der Waals surface area contributed by atoms with Gasteiger partial charge in [0.1, 0.15) is 0 Å². The van der Waals surface area contributed by atoms with Crippen LogP contribution in [-0.4, -0.2) is 18.5 Å². The molecule has 0 saturated heterocycles. The summed E-state index contributed by atoms with van der Waals surface area (Å²) >= 11 is 5.71. The Kier molecular flexibility index (Phi) is 9.00. The van der Waals surface area contributed by atoms with Gasteiger partial charge in [-0.3, -0.25) is 0 Å². The van der Waals surface area contributed by atoms with Gasteiger partial charge in [-0.1, -0.05) is 27.2 Å². The van der Waals surface area contributed by atoms with Gasteiger partial charge in [-0.2, -0.15) is 0 Å². The van der Waals surface area contributed by atoms with Crippen molar-refractivity contribution >= 4 is 11.6 Å². The van der Waals surface area contributed by atoms with Gasteiger partial charge in [-0.15, -0.1) is 11.6 Å². The Labute approximate surface area is 88.2 Å². The molecular formula is C11H24ClN. The van der Waals surface area contributed by atoms with Gasteiger partial charge in [0.05, 0.1) is 0 Å². The molecule has 1 N–H and O–H groups in total. The minimum Gasteiger partial charge on any atom is -0.314 e. The molecule has 0 saturated carbocycles. The predicted octanol–water partition coefficient (Wildman–Crippen LogP) is 3.42. The Bertz CT molecular complexity index is 106. The lowest BCUT2D eigenvalue weighted by molar-refractivity contribution is 0.412. The minimum absolute atomic E-state index is 0.622. The summed E-state index contributed by atoms with van der Waals surface area (Å²) in [5.74, 6) is 1.57. The Morgan fingerprint density at radius 2 is 1.92 bits per heavy atom. The van der Waals surface area contributed by atoms with E-state index in [2.05, 4.69) is 26.1 Å². The zero-order valence-corrected chi connectivity index (χ0v) is 10.0. The van der Waals surface area contributed by atoms with E-state index < -0.39 is 0 Å². The van der Waals surface area contributed by atoms with E-state index in [9.17, 15) is 0 Å². The molecule has 0 radical (unpaired) electrons. The van der Waals surface area contributed by atoms with Crippen molar-refractivity contribution in [3.8, 4) is 0 Å². The molecule has 0 aromatic carbocycles. The van der Waals surface area contributed by atoms with Crippen LogP contribution in [0.25, 0.3) is 0 Å². The lowest BCUT2D eigenvalue weighted by atomic mass is 10.1. The van der Waals surface area contributed by atoms with Crippen LogP contribution in [0.4, 0.5) is 0 Å². The molecular weight excluding hydrogens is 182 g/mol. The highest BCUT2D eigenvalue weighted by Crippen LogP contribution is 2.05. The first kappa shape index (κ1) is 13.2. The average Bonchev–Trinajstić information content (AvgIpc) is 2.12. The van der Waals surface area contributed by atoms with Gasteiger partial charge >= 0.3 is 0 Å². The van der Waals surface area contributed by atoms with Crippen LogP contribution in [-0.2, 0) is 0 Å². The number of hydrogen-bond donors (Lipinski definition) is 1. The maximum atomic E-state index is 5.71. The van der Waals surface area contributed by atoms with E-state index in [1.54, 1.807) is 0 Å². The third-order valence-electron chi connectivity index (χ3n) is 2.49. The quantitative estimate of drug-likeness (QED) is 0.599. The van der Waals surface area contributed by atoms with Crippen molar-refractivity contribution in [3.05, 3.63) is 0 Å². The fraction of sp³-hybridized carbons (Fsp3) is 1.00. The highest BCUT2D eigenvalue weighted by atomic mass is 35.5. The first-order chi connectivity index (χ1) is 6.24. The van der Waals surface area contributed by atoms with Crippen molar-refractivity contribution in [1.29, 1.82) is 0 Å². The molecule has 13 heavy (non-hydrogen) atoms. The number of halogens is 1. The summed E-state index contributed by atoms with van der Waals surface area (Å²) in [7, 11) is 0. The molecule has 1 nitrogen and oxygen atoms in total. The summed E-state index contributed by atoms with van der Waals surface area (Å²) in [6, 6.07) is 0.622. The standard InChI is InChI=1S/C11H24ClN/c1-4-6-10(3)9-13-11(5-2)7-8-12/h10-11,13H,4-9H2,1-3H3. The summed E-state index contributed by atoms with van der Waals surface area (Å²) in [6.07, 6.45) is 4.89. The molecule has 0 rings (SSSR count). The maximum absolute atomic E-state index is 5.71. The van der Waals surface area contributed by atoms with Gasteiger partial charge < -0.3 is 5.32 Å². The Morgan fingerprint density at radius 3 is 2.38 bits per heavy atom. The van der Waals surface area contributed by atoms with E-state index in [0.29, 0.717) is 6.04 Å². The molecule has 80 valence electrons. The molecule has 0 amide bonds. The van der Waals surface area contributed by atoms with Crippen molar-refractivity contribution < 1.29 is 0 Å². The van der Waals surface area contributed by atoms with Crippen molar-refractivity contribution in [2.45, 2.75) is 52.5 Å². The molecule has 0 aliphatic heterocycles. The van der Waals surface area contributed by atoms with Gasteiger partial charge in [0.25, 0.3) is 0 Å². The Morgan fingerprint density at radius 1 is 1.23 bits per heavy atom. The van der Waals surface area contributed by atoms with E-state index in [1.165, 1.54) is 19.3 Å². The third kappa shape index (κ3) is 7.33. The van der Waals surface area contributed by atoms with E-state index in [4.69, 9.17) is 11.6 Å². The van der Waals surface area contributed by atoms with Crippen LogP contribution in [0.2, 0.25) is 0 Å². The summed E-state index contributed by atoms with van der Waals surface area (Å²) < 4.78 is 0. The van der Waals surface area contributed by atoms with Crippen molar-refractivity contribution in [2.24, 2.45) is 5.92 Å². The predicted molar refractivity (Wildman–Crippen MR) is 61.5 cm³/mol. The van der Waals surface area contributed by atoms with Crippen LogP contribution < -0.4 is 5.32 Å². The van der Waals surface area contributed by atoms with Crippen LogP contribution in [0.1, 0.15) is 46.5 Å². The fourth-order valence-corrected chi connectivity index (χ4v) is 1.81. The summed E-state index contributed by atoms with van der Waals surface area (Å²) in [5.41, 5.74) is 0. The van der Waals surface area contributed by atoms with Crippen LogP contribution in [0, 0.1) is 5.92 Å². The topological polar surface area (TPSA) is 12.0 Å². The smallest absolute Gasteiger partial charge is 0.0238 e. The van der Waals surface area contributed by atoms with E-state index in [-0.39, 0.29) is 0 Å². The summed E-state index contributed by atoms with van der Waals surface area (Å²) in [6.45, 7) is 7.91. The molecule has 2 atom stereocenters. The second-order valence-electron chi connectivity index (χ2n) is 3.88. The van der Waals surface area contributed by atoms with Crippen molar-refractivity contribution in [2.75, 3.05) is 12.4 Å². The van der Waals surface area contributed by atoms with Crippen LogP contribution >= 0.6 is 11.6 Å². The van der Waals surface area contributed by atoms with Crippen molar-refractivity contribution in [1.82, 2.24) is 5.32 Å². The molecule has 0 fully saturated rings. The van der Waals surface area contributed by atoms with E-state index >= 15 is 0 Å². The molecule has 2 heteroatoms. The van der Waals surface area contributed by atoms with Crippen LogP contribution in [0.3, 0.4) is 0 Å². The zero-order chi connectivity index (χ0) is 10.1. The number of hydrogen-bond acceptors (Lipinski definition) is 1. The lowest BCUT2D eigenvalue weighted by Crippen LogP contribution is -2.32. The number of nitrogens with one attached hydrogen (secondary N) is 1. The van der Waals surface area contributed by atoms with E-state index in [0.717, 1.165) is 24.8 Å². The highest BCUT2D eigenvalue weighted by Gasteiger charge is 2.06. The first-order valence-electron chi connectivity index (χ1n) is 5.53. The SMILES string of the molecule is CCCC(C)CNC(CC)CCCl. The lowest BCUT2D eigenvalue weighted by Gasteiger charge is -2.18. The Balaban J connectivity index is 3.46. The molecule has 0 aliphatic rings. The number of alkyl halides is 1. The molecule has 0 heterocycles. The minimum atomic E-state index is 0.622. The largest absolute Gasteiger partial charge is 0.314 e. The normalized spacial score (nSPS) is 15.7. The molecule has 2 unspecified atom stereocenters. The molecule has 0 aromatic heterocycles. The van der Waals surface area contributed by atoms with Gasteiger partial charge in [0.2, 0.25) is 0 Å². The second kappa shape index (κ2) is 8.83. The summed E-state index contributed by atoms with van der Waals surface area (Å²) in [4.78, 5) is 0. The monoisotopic (exact) mass is 205 g/mol. The molecule has 0 aromatic rings. The highest BCUT2D eigenvalue weighted by molar-refractivity contribution is 6.17. The van der Waals surface area contributed by atoms with Crippen LogP contribution in [0.5, 0.6) is 0 Å². The fourth-order valence-electron chi connectivity index (χ4n) is 1.54. The van der Waals surface area contributed by atoms with E-state index in [1.807, 2.05) is 0 Å². The average molecular weight is 206 g/mol. The third-order valence-corrected chi connectivity index (χ3v) is 2.71. The first-order valence-corrected chi connectivity index (χ1v) is 6.07. The molecule has 0 aliphatic carbocycles. The van der Waals surface area contributed by atoms with Crippen LogP contribution in [0.15, 0.2) is 0 Å². The zero-order valence-electron chi connectivity index (χ0n) is 9.28. The van der Waals surface area contributed by atoms with Gasteiger partial charge in [0, 0.05) is 11.9 Å². The second-order valence-corrected chi connectivity index (χ2v) is 4.26. The van der Waals surface area contributed by atoms with Gasteiger partial charge in [-0.05, 0) is 31.7 Å². The van der Waals surface area contributed by atoms with Gasteiger partial charge in [0.15, 0.2) is 0 Å². The Hall–Kier alpha value is 0.250. The molecule has 0 spiro atoms. The summed E-state index contributed by atoms with van der Waals surface area (Å²) in [5, 5.41) is 3.57. The maximum Gasteiger partial charge on any atom is 0.0238 e. The van der Waals surface area contributed by atoms with Gasteiger partial charge in [-0.25, -0.2) is 0 Å². The van der Waals surface area contributed by atoms with Crippen molar-refractivity contribution in [3.63, 3.8) is 0 Å².